The van der Waals surface area contributed by atoms with Gasteiger partial charge in [-0.2, -0.15) is 0 Å². The minimum Gasteiger partial charge on any atom is -0.463 e. The Morgan fingerprint density at radius 2 is 1.57 bits per heavy atom. The molecular formula is C60H92BrNO17. The van der Waals surface area contributed by atoms with Crippen LogP contribution in [0.25, 0.3) is 0 Å². The van der Waals surface area contributed by atoms with Crippen molar-refractivity contribution in [3.63, 3.8) is 0 Å². The van der Waals surface area contributed by atoms with Gasteiger partial charge in [0, 0.05) is 58.5 Å². The Balaban J connectivity index is 1.67. The number of ketones is 3. The Morgan fingerprint density at radius 3 is 2.20 bits per heavy atom. The smallest absolute Gasteiger partial charge is 0.329 e. The minimum absolute atomic E-state index is 0.0131. The van der Waals surface area contributed by atoms with Crippen molar-refractivity contribution in [1.82, 2.24) is 4.90 Å². The number of Topliss-reactive ketones (excluding diaryl/α,β-unsaturated/α-hetero) is 3. The molecule has 2 bridgehead atoms. The number of methoxy groups -OCH3 is 3. The second-order valence-corrected chi connectivity index (χ2v) is 25.7. The van der Waals surface area contributed by atoms with Crippen molar-refractivity contribution < 1.29 is 82.0 Å². The van der Waals surface area contributed by atoms with Crippen molar-refractivity contribution in [3.8, 4) is 0 Å². The maximum absolute atomic E-state index is 14.6. The Bertz CT molecular complexity index is 2240. The normalized spacial score (nSPS) is 34.8. The van der Waals surface area contributed by atoms with Crippen molar-refractivity contribution in [3.05, 3.63) is 47.6 Å². The maximum Gasteiger partial charge on any atom is 0.329 e. The van der Waals surface area contributed by atoms with Gasteiger partial charge in [0.25, 0.3) is 11.7 Å². The lowest BCUT2D eigenvalue weighted by atomic mass is 9.78. The van der Waals surface area contributed by atoms with Crippen LogP contribution in [0.15, 0.2) is 47.6 Å². The van der Waals surface area contributed by atoms with Crippen LogP contribution in [-0.4, -0.2) is 161 Å². The van der Waals surface area contributed by atoms with Gasteiger partial charge in [-0.1, -0.05) is 87.0 Å². The van der Waals surface area contributed by atoms with E-state index in [0.717, 1.165) is 10.5 Å². The molecule has 3 heterocycles. The van der Waals surface area contributed by atoms with Gasteiger partial charge < -0.3 is 53.4 Å². The number of cyclic esters (lactones) is 1. The highest BCUT2D eigenvalue weighted by molar-refractivity contribution is 9.10. The van der Waals surface area contributed by atoms with Crippen LogP contribution in [0.2, 0.25) is 0 Å². The molecule has 5 unspecified atom stereocenters. The molecule has 2 saturated heterocycles. The van der Waals surface area contributed by atoms with E-state index in [0.29, 0.717) is 57.8 Å². The average Bonchev–Trinajstić information content (AvgIpc) is 3.50. The van der Waals surface area contributed by atoms with Crippen LogP contribution in [0.4, 0.5) is 0 Å². The van der Waals surface area contributed by atoms with E-state index in [1.54, 1.807) is 54.7 Å². The van der Waals surface area contributed by atoms with E-state index in [1.807, 2.05) is 51.2 Å². The lowest BCUT2D eigenvalue weighted by Crippen LogP contribution is -2.61. The second-order valence-electron chi connectivity index (χ2n) is 23.7. The first-order valence-corrected chi connectivity index (χ1v) is 29.0. The Hall–Kier alpha value is -3.95. The third kappa shape index (κ3) is 18.3. The van der Waals surface area contributed by atoms with E-state index in [4.69, 9.17) is 33.2 Å². The largest absolute Gasteiger partial charge is 0.463 e. The second kappa shape index (κ2) is 30.4. The number of hydrogen-bond donors (Lipinski definition) is 3. The molecule has 4 aliphatic rings. The van der Waals surface area contributed by atoms with E-state index in [9.17, 15) is 48.9 Å². The quantitative estimate of drug-likeness (QED) is 0.0743. The SMILES string of the molecule is COC1C(=O)[C@H](C)CC(C)C=CC=CC=C(C)[C@@H](OC)C[C@@H]2CC[C@@H](C)[C@@](O)(O2)C(=O)C(=O)N2CCCCC2C(=O)O[C@H]([C@@H](C)C[C@@H]2CC[C@@H](OC(=O)C(C)(CO)COC(=O)C(C)(C)Br)[C@H](OC)C2)CC(=O)/C(C)=C/C(C)[C@H]1O. The lowest BCUT2D eigenvalue weighted by molar-refractivity contribution is -0.265. The molecule has 4 rings (SSSR count). The third-order valence-electron chi connectivity index (χ3n) is 16.6. The van der Waals surface area contributed by atoms with Crippen molar-refractivity contribution >= 4 is 57.1 Å². The standard InChI is InChI=1S/C60H92BrNO17/c1-35-19-15-14-16-20-36(2)47(73-11)31-43-24-22-41(7)60(72,79-43)53(67)54(68)62-26-18-17-21-44(62)55(69)77-48(32-45(64)37(3)28-40(6)51(66)52(75-13)50(65)39(5)27-35)38(4)29-42-23-25-46(49(30-42)74-12)78-57(71)59(10,33-63)34-76-56(70)58(8,9)61/h14-16,19-20,28,35,38-44,46-49,51-52,63,66,72H,17-18,21-27,29-34H2,1-13H3/b16-14?,19-15?,36-20?,37-28+/t35?,38-,39+,40?,41+,42-,43-,44?,46+,47-,48-,49+,51+,52?,59?,60+/m0/s1. The predicted molar refractivity (Wildman–Crippen MR) is 298 cm³/mol. The Kier molecular flexibility index (Phi) is 26.0. The van der Waals surface area contributed by atoms with Gasteiger partial charge in [0.05, 0.1) is 31.0 Å². The number of piperidine rings is 1. The molecule has 16 atom stereocenters. The number of hydrogen-bond acceptors (Lipinski definition) is 17. The van der Waals surface area contributed by atoms with Crippen LogP contribution in [0.3, 0.4) is 0 Å². The van der Waals surface area contributed by atoms with Crippen LogP contribution in [0.1, 0.15) is 146 Å². The van der Waals surface area contributed by atoms with E-state index < -0.39 is 137 Å². The van der Waals surface area contributed by atoms with Crippen molar-refractivity contribution in [2.24, 2.45) is 40.9 Å². The zero-order valence-corrected chi connectivity index (χ0v) is 50.6. The number of amides is 1. The molecule has 0 aromatic heterocycles. The number of aliphatic hydroxyl groups is 3. The number of ether oxygens (including phenoxy) is 7. The highest BCUT2D eigenvalue weighted by atomic mass is 79.9. The number of fused-ring (bicyclic) bond motifs is 3. The molecule has 3 N–H and O–H groups in total. The summed E-state index contributed by atoms with van der Waals surface area (Å²) in [4.78, 5) is 98.8. The molecule has 79 heavy (non-hydrogen) atoms. The van der Waals surface area contributed by atoms with E-state index in [2.05, 4.69) is 15.9 Å². The van der Waals surface area contributed by atoms with E-state index in [1.165, 1.54) is 21.1 Å². The Morgan fingerprint density at radius 1 is 0.873 bits per heavy atom. The molecular weight excluding hydrogens is 1090 g/mol. The zero-order valence-electron chi connectivity index (χ0n) is 49.0. The number of rotatable bonds is 12. The molecule has 19 heteroatoms. The van der Waals surface area contributed by atoms with Gasteiger partial charge in [-0.15, -0.1) is 0 Å². The first-order valence-electron chi connectivity index (χ1n) is 28.2. The van der Waals surface area contributed by atoms with Crippen LogP contribution in [0.5, 0.6) is 0 Å². The van der Waals surface area contributed by atoms with Crippen LogP contribution in [0, 0.1) is 40.9 Å². The molecule has 0 radical (unpaired) electrons. The predicted octanol–water partition coefficient (Wildman–Crippen LogP) is 7.45. The summed E-state index contributed by atoms with van der Waals surface area (Å²) in [5, 5.41) is 33.9. The number of carbonyl (C=O) groups is 7. The topological polar surface area (TPSA) is 248 Å². The zero-order chi connectivity index (χ0) is 59.2. The molecule has 1 aliphatic carbocycles. The van der Waals surface area contributed by atoms with Crippen LogP contribution < -0.4 is 0 Å². The number of nitrogens with zero attached hydrogens (tertiary/aromatic N) is 1. The minimum atomic E-state index is -2.48. The van der Waals surface area contributed by atoms with Crippen LogP contribution in [-0.2, 0) is 66.7 Å². The summed E-state index contributed by atoms with van der Waals surface area (Å²) in [6.45, 7) is 16.1. The number of alkyl halides is 1. The molecule has 1 amide bonds. The number of esters is 3. The number of halogens is 1. The summed E-state index contributed by atoms with van der Waals surface area (Å²) < 4.78 is 40.1. The van der Waals surface area contributed by atoms with Crippen molar-refractivity contribution in [2.75, 3.05) is 41.1 Å². The summed E-state index contributed by atoms with van der Waals surface area (Å²) in [5.74, 6) is -10.1. The molecule has 0 aromatic rings. The summed E-state index contributed by atoms with van der Waals surface area (Å²) in [6, 6.07) is -1.22. The average molecular weight is 1180 g/mol. The molecule has 446 valence electrons. The highest BCUT2D eigenvalue weighted by Gasteiger charge is 2.53. The van der Waals surface area contributed by atoms with Gasteiger partial charge in [-0.05, 0) is 128 Å². The molecule has 1 saturated carbocycles. The molecule has 3 fully saturated rings. The fraction of sp³-hybridized carbons (Fsp3) is 0.750. The fourth-order valence-corrected chi connectivity index (χ4v) is 11.2. The van der Waals surface area contributed by atoms with Crippen molar-refractivity contribution in [1.29, 1.82) is 0 Å². The van der Waals surface area contributed by atoms with Gasteiger partial charge in [-0.25, -0.2) is 4.79 Å². The van der Waals surface area contributed by atoms with E-state index in [-0.39, 0.29) is 49.0 Å². The van der Waals surface area contributed by atoms with Crippen molar-refractivity contribution in [2.45, 2.75) is 205 Å². The highest BCUT2D eigenvalue weighted by Crippen LogP contribution is 2.39. The van der Waals surface area contributed by atoms with Crippen LogP contribution >= 0.6 is 15.9 Å². The van der Waals surface area contributed by atoms with Gasteiger partial charge in [0.15, 0.2) is 11.6 Å². The molecule has 18 nitrogen and oxygen atoms in total. The van der Waals surface area contributed by atoms with Gasteiger partial charge in [0.1, 0.15) is 40.7 Å². The van der Waals surface area contributed by atoms with E-state index >= 15 is 0 Å². The molecule has 0 spiro atoms. The Labute approximate surface area is 476 Å². The first-order chi connectivity index (χ1) is 37.0. The third-order valence-corrected chi connectivity index (χ3v) is 16.9. The maximum atomic E-state index is 14.6. The number of aliphatic hydroxyl groups excluding tert-OH is 2. The summed E-state index contributed by atoms with van der Waals surface area (Å²) in [5.41, 5.74) is -0.441. The van der Waals surface area contributed by atoms with Gasteiger partial charge in [-0.3, -0.25) is 28.8 Å². The number of allylic oxidation sites excluding steroid dienone is 6. The van der Waals surface area contributed by atoms with Gasteiger partial charge >= 0.3 is 17.9 Å². The monoisotopic (exact) mass is 1180 g/mol. The fourth-order valence-electron chi connectivity index (χ4n) is 11.1. The first kappa shape index (κ1) is 67.6. The summed E-state index contributed by atoms with van der Waals surface area (Å²) >= 11 is 3.24. The number of carbonyl (C=O) groups excluding carboxylic acids is 7. The molecule has 0 aromatic carbocycles. The lowest BCUT2D eigenvalue weighted by Gasteiger charge is -2.42. The summed E-state index contributed by atoms with van der Waals surface area (Å²) in [7, 11) is 4.42. The molecule has 3 aliphatic heterocycles. The summed E-state index contributed by atoms with van der Waals surface area (Å²) in [6.07, 6.45) is 9.39. The van der Waals surface area contributed by atoms with Gasteiger partial charge in [0.2, 0.25) is 5.79 Å².